The molecule has 0 spiro atoms. The summed E-state index contributed by atoms with van der Waals surface area (Å²) in [5.74, 6) is -0.216. The molecule has 0 radical (unpaired) electrons. The first-order chi connectivity index (χ1) is 29.5. The van der Waals surface area contributed by atoms with Crippen LogP contribution in [0.2, 0.25) is 0 Å². The van der Waals surface area contributed by atoms with E-state index < -0.39 is 26.6 Å². The van der Waals surface area contributed by atoms with Gasteiger partial charge in [0.25, 0.3) is 7.82 Å². The van der Waals surface area contributed by atoms with Gasteiger partial charge >= 0.3 is 0 Å². The number of phosphoric acid groups is 1. The Bertz CT molecular complexity index is 1260. The van der Waals surface area contributed by atoms with Crippen molar-refractivity contribution < 1.29 is 32.9 Å². The molecule has 352 valence electrons. The SMILES string of the molecule is CC/C=C\C/C=C\C/C=C\C/C=C\C/C=C\C/C=C\CCCCCCCCC(=O)NC(COP(=O)([O-])OCC[N+](C)(C)C)C(O)/C=C/CCCCCCCCCCCCCC. The minimum atomic E-state index is -4.60. The molecule has 0 rings (SSSR count). The number of amides is 1. The first-order valence-electron chi connectivity index (χ1n) is 24.4. The summed E-state index contributed by atoms with van der Waals surface area (Å²) in [6, 6.07) is -0.899. The van der Waals surface area contributed by atoms with Crippen molar-refractivity contribution in [2.24, 2.45) is 0 Å². The third kappa shape index (κ3) is 45.5. The second-order valence-electron chi connectivity index (χ2n) is 17.4. The number of carbonyl (C=O) groups excluding carboxylic acids is 1. The van der Waals surface area contributed by atoms with Gasteiger partial charge in [0.2, 0.25) is 5.91 Å². The Hall–Kier alpha value is -2.32. The number of phosphoric ester groups is 1. The summed E-state index contributed by atoms with van der Waals surface area (Å²) in [6.45, 7) is 4.50. The van der Waals surface area contributed by atoms with Crippen LogP contribution in [-0.2, 0) is 18.4 Å². The molecule has 0 aromatic heterocycles. The maximum absolute atomic E-state index is 12.9. The van der Waals surface area contributed by atoms with Crippen LogP contribution in [0.5, 0.6) is 0 Å². The monoisotopic (exact) mass is 873 g/mol. The smallest absolute Gasteiger partial charge is 0.268 e. The zero-order valence-electron chi connectivity index (χ0n) is 39.8. The van der Waals surface area contributed by atoms with Crippen LogP contribution in [0.1, 0.15) is 187 Å². The van der Waals surface area contributed by atoms with E-state index in [0.29, 0.717) is 17.4 Å². The highest BCUT2D eigenvalue weighted by atomic mass is 31.2. The van der Waals surface area contributed by atoms with Crippen molar-refractivity contribution in [2.45, 2.75) is 199 Å². The molecule has 0 bridgehead atoms. The van der Waals surface area contributed by atoms with Crippen LogP contribution in [0.25, 0.3) is 0 Å². The summed E-state index contributed by atoms with van der Waals surface area (Å²) in [5, 5.41) is 13.8. The number of quaternary nitrogens is 1. The Morgan fingerprint density at radius 2 is 1.00 bits per heavy atom. The van der Waals surface area contributed by atoms with E-state index in [4.69, 9.17) is 9.05 Å². The van der Waals surface area contributed by atoms with Crippen molar-refractivity contribution in [2.75, 3.05) is 40.9 Å². The molecule has 2 N–H and O–H groups in total. The number of allylic oxidation sites excluding steroid dienone is 13. The van der Waals surface area contributed by atoms with Crippen molar-refractivity contribution in [1.82, 2.24) is 5.32 Å². The van der Waals surface area contributed by atoms with Crippen LogP contribution in [0, 0.1) is 0 Å². The third-order valence-electron chi connectivity index (χ3n) is 10.4. The molecule has 0 aromatic carbocycles. The fourth-order valence-electron chi connectivity index (χ4n) is 6.51. The topological polar surface area (TPSA) is 108 Å². The molecule has 9 heteroatoms. The van der Waals surface area contributed by atoms with Gasteiger partial charge in [0.05, 0.1) is 39.9 Å². The molecule has 0 fully saturated rings. The summed E-state index contributed by atoms with van der Waals surface area (Å²) in [5.41, 5.74) is 0. The van der Waals surface area contributed by atoms with Gasteiger partial charge in [-0.2, -0.15) is 0 Å². The van der Waals surface area contributed by atoms with Crippen LogP contribution >= 0.6 is 7.82 Å². The Morgan fingerprint density at radius 3 is 1.46 bits per heavy atom. The maximum atomic E-state index is 12.9. The lowest BCUT2D eigenvalue weighted by Crippen LogP contribution is -2.45. The zero-order chi connectivity index (χ0) is 45.0. The Morgan fingerprint density at radius 1 is 0.590 bits per heavy atom. The van der Waals surface area contributed by atoms with Crippen molar-refractivity contribution in [3.8, 4) is 0 Å². The number of likely N-dealkylation sites (N-methyl/N-ethyl adjacent to an activating group) is 1. The minimum Gasteiger partial charge on any atom is -0.756 e. The van der Waals surface area contributed by atoms with E-state index in [1.807, 2.05) is 27.2 Å². The van der Waals surface area contributed by atoms with Crippen LogP contribution < -0.4 is 10.2 Å². The molecule has 61 heavy (non-hydrogen) atoms. The molecule has 0 heterocycles. The van der Waals surface area contributed by atoms with Crippen LogP contribution in [0.4, 0.5) is 0 Å². The summed E-state index contributed by atoms with van der Waals surface area (Å²) in [7, 11) is 1.24. The number of carbonyl (C=O) groups is 1. The molecule has 3 unspecified atom stereocenters. The lowest BCUT2D eigenvalue weighted by Gasteiger charge is -2.29. The summed E-state index contributed by atoms with van der Waals surface area (Å²) in [4.78, 5) is 25.4. The van der Waals surface area contributed by atoms with E-state index in [0.717, 1.165) is 96.3 Å². The van der Waals surface area contributed by atoms with E-state index in [1.165, 1.54) is 70.6 Å². The number of nitrogens with one attached hydrogen (secondary N) is 1. The van der Waals surface area contributed by atoms with E-state index in [2.05, 4.69) is 92.1 Å². The van der Waals surface area contributed by atoms with E-state index in [9.17, 15) is 19.4 Å². The Labute approximate surface area is 376 Å². The average Bonchev–Trinajstić information content (AvgIpc) is 3.21. The zero-order valence-corrected chi connectivity index (χ0v) is 40.7. The third-order valence-corrected chi connectivity index (χ3v) is 11.3. The van der Waals surface area contributed by atoms with Crippen molar-refractivity contribution in [3.63, 3.8) is 0 Å². The fourth-order valence-corrected chi connectivity index (χ4v) is 7.23. The number of rotatable bonds is 43. The predicted molar refractivity (Wildman–Crippen MR) is 260 cm³/mol. The van der Waals surface area contributed by atoms with Crippen LogP contribution in [0.15, 0.2) is 85.1 Å². The number of aliphatic hydroxyl groups excluding tert-OH is 1. The quantitative estimate of drug-likeness (QED) is 0.0273. The highest BCUT2D eigenvalue weighted by molar-refractivity contribution is 7.45. The maximum Gasteiger partial charge on any atom is 0.268 e. The van der Waals surface area contributed by atoms with Crippen LogP contribution in [0.3, 0.4) is 0 Å². The van der Waals surface area contributed by atoms with Gasteiger partial charge in [-0.05, 0) is 70.6 Å². The van der Waals surface area contributed by atoms with Gasteiger partial charge in [-0.3, -0.25) is 9.36 Å². The molecule has 0 saturated heterocycles. The largest absolute Gasteiger partial charge is 0.756 e. The number of unbranched alkanes of at least 4 members (excludes halogenated alkanes) is 18. The predicted octanol–water partition coefficient (Wildman–Crippen LogP) is 13.5. The van der Waals surface area contributed by atoms with Crippen LogP contribution in [-0.4, -0.2) is 68.5 Å². The highest BCUT2D eigenvalue weighted by Gasteiger charge is 2.23. The molecule has 0 aliphatic rings. The van der Waals surface area contributed by atoms with Crippen molar-refractivity contribution in [3.05, 3.63) is 85.1 Å². The molecule has 8 nitrogen and oxygen atoms in total. The first kappa shape index (κ1) is 58.7. The van der Waals surface area contributed by atoms with Crippen molar-refractivity contribution >= 4 is 13.7 Å². The van der Waals surface area contributed by atoms with Gasteiger partial charge in [-0.1, -0.05) is 195 Å². The van der Waals surface area contributed by atoms with E-state index in [1.54, 1.807) is 6.08 Å². The molecule has 3 atom stereocenters. The molecule has 0 aromatic rings. The summed E-state index contributed by atoms with van der Waals surface area (Å²) < 4.78 is 23.2. The number of hydrogen-bond acceptors (Lipinski definition) is 6. The second-order valence-corrected chi connectivity index (χ2v) is 18.8. The van der Waals surface area contributed by atoms with Gasteiger partial charge in [-0.15, -0.1) is 0 Å². The number of aliphatic hydroxyl groups is 1. The second kappa shape index (κ2) is 43.0. The minimum absolute atomic E-state index is 0.00862. The normalized spacial score (nSPS) is 14.9. The molecule has 1 amide bonds. The summed E-state index contributed by atoms with van der Waals surface area (Å²) in [6.07, 6.45) is 59.1. The molecule has 0 saturated carbocycles. The highest BCUT2D eigenvalue weighted by Crippen LogP contribution is 2.38. The lowest BCUT2D eigenvalue weighted by molar-refractivity contribution is -0.870. The average molecular weight is 873 g/mol. The van der Waals surface area contributed by atoms with Gasteiger partial charge in [0, 0.05) is 6.42 Å². The van der Waals surface area contributed by atoms with Crippen molar-refractivity contribution in [1.29, 1.82) is 0 Å². The van der Waals surface area contributed by atoms with Gasteiger partial charge in [-0.25, -0.2) is 0 Å². The van der Waals surface area contributed by atoms with Gasteiger partial charge in [0.1, 0.15) is 13.2 Å². The van der Waals surface area contributed by atoms with Gasteiger partial charge in [0.15, 0.2) is 0 Å². The molecular weight excluding hydrogens is 780 g/mol. The van der Waals surface area contributed by atoms with E-state index in [-0.39, 0.29) is 12.5 Å². The first-order valence-corrected chi connectivity index (χ1v) is 25.9. The molecular formula is C52H93N2O6P. The number of hydrogen-bond donors (Lipinski definition) is 2. The lowest BCUT2D eigenvalue weighted by atomic mass is 10.0. The fraction of sp³-hybridized carbons (Fsp3) is 0.712. The van der Waals surface area contributed by atoms with Gasteiger partial charge < -0.3 is 28.8 Å². The number of nitrogens with zero attached hydrogens (tertiary/aromatic N) is 1. The van der Waals surface area contributed by atoms with E-state index >= 15 is 0 Å². The Balaban J connectivity index is 4.36. The Kier molecular flexibility index (Phi) is 41.3. The molecule has 0 aliphatic carbocycles. The molecule has 0 aliphatic heterocycles. The summed E-state index contributed by atoms with van der Waals surface area (Å²) >= 11 is 0. The standard InChI is InChI=1S/C52H93N2O6P/c1-6-8-10-12-14-16-18-20-22-23-24-25-26-27-28-29-30-31-32-34-36-38-40-42-44-46-52(56)53-50(49-60-61(57,58)59-48-47-54(3,4)5)51(55)45-43-41-39-37-35-33-21-19-17-15-13-11-9-7-2/h8,10,14,16,20,22,24-25,27-28,30-31,43,45,50-51,55H,6-7,9,11-13,15,17-19,21,23,26,29,32-42,44,46-49H2,1-5H3,(H-,53,56,57,58)/b10-8-,16-14-,22-20-,25-24-,28-27-,31-30-,45-43+.